The van der Waals surface area contributed by atoms with Gasteiger partial charge in [0.25, 0.3) is 0 Å². The van der Waals surface area contributed by atoms with Gasteiger partial charge in [-0.3, -0.25) is 4.98 Å². The van der Waals surface area contributed by atoms with Crippen LogP contribution in [0.2, 0.25) is 0 Å². The highest BCUT2D eigenvalue weighted by atomic mass is 79.9. The van der Waals surface area contributed by atoms with Crippen molar-refractivity contribution in [1.82, 2.24) is 4.98 Å². The van der Waals surface area contributed by atoms with Gasteiger partial charge in [0, 0.05) is 18.5 Å². The molecule has 0 unspecified atom stereocenters. The van der Waals surface area contributed by atoms with E-state index in [2.05, 4.69) is 20.9 Å². The summed E-state index contributed by atoms with van der Waals surface area (Å²) in [4.78, 5) is 3.86. The number of benzene rings is 1. The molecule has 0 N–H and O–H groups in total. The summed E-state index contributed by atoms with van der Waals surface area (Å²) in [6.07, 6.45) is -1.26. The fourth-order valence-corrected chi connectivity index (χ4v) is 1.62. The van der Waals surface area contributed by atoms with Gasteiger partial charge in [-0.2, -0.15) is 13.2 Å². The minimum Gasteiger partial charge on any atom is -0.456 e. The lowest BCUT2D eigenvalue weighted by atomic mass is 10.2. The second kappa shape index (κ2) is 4.97. The lowest BCUT2D eigenvalue weighted by Crippen LogP contribution is -2.04. The lowest BCUT2D eigenvalue weighted by Gasteiger charge is -2.09. The van der Waals surface area contributed by atoms with Crippen LogP contribution in [0.1, 0.15) is 5.56 Å². The van der Waals surface area contributed by atoms with Crippen molar-refractivity contribution >= 4 is 15.9 Å². The molecule has 18 heavy (non-hydrogen) atoms. The van der Waals surface area contributed by atoms with Crippen LogP contribution in [0.4, 0.5) is 13.2 Å². The number of hydrogen-bond donors (Lipinski definition) is 0. The number of nitrogens with zero attached hydrogens (tertiary/aromatic N) is 1. The molecule has 1 aromatic carbocycles. The summed E-state index contributed by atoms with van der Waals surface area (Å²) >= 11 is 3.23. The Hall–Kier alpha value is -1.56. The van der Waals surface area contributed by atoms with Crippen LogP contribution in [0, 0.1) is 0 Å². The van der Waals surface area contributed by atoms with Gasteiger partial charge in [-0.05, 0) is 40.2 Å². The minimum atomic E-state index is -4.34. The van der Waals surface area contributed by atoms with E-state index in [1.54, 1.807) is 12.3 Å². The Morgan fingerprint density at radius 3 is 2.28 bits per heavy atom. The van der Waals surface area contributed by atoms with E-state index in [1.165, 1.54) is 18.3 Å². The van der Waals surface area contributed by atoms with Crippen LogP contribution < -0.4 is 4.74 Å². The van der Waals surface area contributed by atoms with Gasteiger partial charge in [0.1, 0.15) is 11.5 Å². The monoisotopic (exact) mass is 317 g/mol. The van der Waals surface area contributed by atoms with Crippen molar-refractivity contribution in [2.45, 2.75) is 6.18 Å². The molecule has 0 atom stereocenters. The number of aromatic nitrogens is 1. The molecule has 2 rings (SSSR count). The van der Waals surface area contributed by atoms with Gasteiger partial charge in [0.05, 0.1) is 10.0 Å². The molecule has 0 saturated carbocycles. The van der Waals surface area contributed by atoms with Crippen molar-refractivity contribution < 1.29 is 17.9 Å². The molecule has 0 radical (unpaired) electrons. The number of alkyl halides is 3. The maximum absolute atomic E-state index is 12.4. The van der Waals surface area contributed by atoms with Gasteiger partial charge < -0.3 is 4.74 Å². The number of halogens is 4. The Kier molecular flexibility index (Phi) is 3.56. The zero-order valence-corrected chi connectivity index (χ0v) is 10.5. The summed E-state index contributed by atoms with van der Waals surface area (Å²) in [7, 11) is 0. The summed E-state index contributed by atoms with van der Waals surface area (Å²) in [5, 5.41) is 0. The van der Waals surface area contributed by atoms with E-state index >= 15 is 0 Å². The van der Waals surface area contributed by atoms with Crippen LogP contribution in [0.3, 0.4) is 0 Å². The van der Waals surface area contributed by atoms with Crippen molar-refractivity contribution in [3.05, 3.63) is 52.8 Å². The van der Waals surface area contributed by atoms with Crippen LogP contribution in [-0.4, -0.2) is 4.98 Å². The van der Waals surface area contributed by atoms with Crippen LogP contribution >= 0.6 is 15.9 Å². The van der Waals surface area contributed by atoms with Crippen molar-refractivity contribution in [2.24, 2.45) is 0 Å². The first-order valence-electron chi connectivity index (χ1n) is 4.91. The summed E-state index contributed by atoms with van der Waals surface area (Å²) in [5.41, 5.74) is -0.705. The van der Waals surface area contributed by atoms with E-state index in [9.17, 15) is 13.2 Å². The van der Waals surface area contributed by atoms with Crippen molar-refractivity contribution in [1.29, 1.82) is 0 Å². The molecule has 0 bridgehead atoms. The van der Waals surface area contributed by atoms with Gasteiger partial charge in [0.15, 0.2) is 0 Å². The Bertz CT molecular complexity index is 540. The zero-order chi connectivity index (χ0) is 13.2. The molecule has 6 heteroatoms. The fourth-order valence-electron chi connectivity index (χ4n) is 1.28. The van der Waals surface area contributed by atoms with Crippen LogP contribution in [0.5, 0.6) is 11.5 Å². The topological polar surface area (TPSA) is 22.1 Å². The Balaban J connectivity index is 2.19. The average Bonchev–Trinajstić information content (AvgIpc) is 2.32. The highest BCUT2D eigenvalue weighted by molar-refractivity contribution is 9.10. The predicted octanol–water partition coefficient (Wildman–Crippen LogP) is 4.66. The Labute approximate surface area is 110 Å². The van der Waals surface area contributed by atoms with Crippen molar-refractivity contribution in [3.8, 4) is 11.5 Å². The SMILES string of the molecule is FC(F)(F)c1ccc(Oc2ccncc2Br)cc1. The standard InChI is InChI=1S/C12H7BrF3NO/c13-10-7-17-6-5-11(10)18-9-3-1-8(2-4-9)12(14,15)16/h1-7H. The summed E-state index contributed by atoms with van der Waals surface area (Å²) in [5.74, 6) is 0.819. The van der Waals surface area contributed by atoms with Gasteiger partial charge in [-0.25, -0.2) is 0 Å². The minimum absolute atomic E-state index is 0.329. The number of pyridine rings is 1. The Morgan fingerprint density at radius 1 is 1.06 bits per heavy atom. The molecule has 2 nitrogen and oxygen atoms in total. The highest BCUT2D eigenvalue weighted by Crippen LogP contribution is 2.32. The highest BCUT2D eigenvalue weighted by Gasteiger charge is 2.30. The number of hydrogen-bond acceptors (Lipinski definition) is 2. The average molecular weight is 318 g/mol. The van der Waals surface area contributed by atoms with Crippen molar-refractivity contribution in [2.75, 3.05) is 0 Å². The molecule has 2 aromatic rings. The zero-order valence-electron chi connectivity index (χ0n) is 8.91. The van der Waals surface area contributed by atoms with E-state index in [-0.39, 0.29) is 0 Å². The number of rotatable bonds is 2. The molecule has 1 aromatic heterocycles. The third-order valence-corrected chi connectivity index (χ3v) is 2.74. The molecule has 0 amide bonds. The molecule has 0 aliphatic heterocycles. The quantitative estimate of drug-likeness (QED) is 0.804. The first kappa shape index (κ1) is 12.9. The summed E-state index contributed by atoms with van der Waals surface area (Å²) in [6, 6.07) is 6.11. The molecule has 0 aliphatic carbocycles. The maximum atomic E-state index is 12.4. The first-order chi connectivity index (χ1) is 8.47. The third-order valence-electron chi connectivity index (χ3n) is 2.14. The van der Waals surface area contributed by atoms with Gasteiger partial charge in [-0.15, -0.1) is 0 Å². The van der Waals surface area contributed by atoms with Crippen LogP contribution in [-0.2, 0) is 6.18 Å². The van der Waals surface area contributed by atoms with Crippen LogP contribution in [0.15, 0.2) is 47.2 Å². The van der Waals surface area contributed by atoms with Gasteiger partial charge in [-0.1, -0.05) is 0 Å². The van der Waals surface area contributed by atoms with E-state index < -0.39 is 11.7 Å². The van der Waals surface area contributed by atoms with E-state index in [0.29, 0.717) is 16.0 Å². The molecular weight excluding hydrogens is 311 g/mol. The molecule has 1 heterocycles. The largest absolute Gasteiger partial charge is 0.456 e. The maximum Gasteiger partial charge on any atom is 0.416 e. The smallest absolute Gasteiger partial charge is 0.416 e. The molecule has 0 fully saturated rings. The van der Waals surface area contributed by atoms with E-state index in [4.69, 9.17) is 4.74 Å². The predicted molar refractivity (Wildman–Crippen MR) is 63.5 cm³/mol. The molecule has 0 spiro atoms. The molecular formula is C12H7BrF3NO. The third kappa shape index (κ3) is 3.01. The van der Waals surface area contributed by atoms with E-state index in [1.807, 2.05) is 0 Å². The summed E-state index contributed by atoms with van der Waals surface area (Å²) < 4.78 is 43.1. The molecule has 94 valence electrons. The lowest BCUT2D eigenvalue weighted by molar-refractivity contribution is -0.137. The molecule has 0 aliphatic rings. The van der Waals surface area contributed by atoms with Gasteiger partial charge in [0.2, 0.25) is 0 Å². The normalized spacial score (nSPS) is 11.3. The van der Waals surface area contributed by atoms with E-state index in [0.717, 1.165) is 12.1 Å². The second-order valence-electron chi connectivity index (χ2n) is 3.43. The fraction of sp³-hybridized carbons (Fsp3) is 0.0833. The van der Waals surface area contributed by atoms with Gasteiger partial charge >= 0.3 is 6.18 Å². The first-order valence-corrected chi connectivity index (χ1v) is 5.71. The molecule has 0 saturated heterocycles. The Morgan fingerprint density at radius 2 is 1.72 bits per heavy atom. The summed E-state index contributed by atoms with van der Waals surface area (Å²) in [6.45, 7) is 0. The number of ether oxygens (including phenoxy) is 1. The van der Waals surface area contributed by atoms with Crippen molar-refractivity contribution in [3.63, 3.8) is 0 Å². The van der Waals surface area contributed by atoms with Crippen LogP contribution in [0.25, 0.3) is 0 Å². The second-order valence-corrected chi connectivity index (χ2v) is 4.28.